The minimum absolute atomic E-state index is 0.0332. The van der Waals surface area contributed by atoms with E-state index < -0.39 is 4.92 Å². The van der Waals surface area contributed by atoms with Gasteiger partial charge in [-0.2, -0.15) is 0 Å². The molecule has 0 fully saturated rings. The Morgan fingerprint density at radius 1 is 1.00 bits per heavy atom. The molecule has 154 valence electrons. The highest BCUT2D eigenvalue weighted by Gasteiger charge is 2.26. The second-order valence-corrected chi connectivity index (χ2v) is 8.21. The lowest BCUT2D eigenvalue weighted by Crippen LogP contribution is -2.30. The van der Waals surface area contributed by atoms with E-state index in [1.807, 2.05) is 24.3 Å². The van der Waals surface area contributed by atoms with Crippen molar-refractivity contribution in [2.24, 2.45) is 5.92 Å². The van der Waals surface area contributed by atoms with E-state index in [4.69, 9.17) is 0 Å². The summed E-state index contributed by atoms with van der Waals surface area (Å²) in [5, 5.41) is 14.5. The highest BCUT2D eigenvalue weighted by molar-refractivity contribution is 6.25. The molecule has 0 aromatic heterocycles. The fourth-order valence-corrected chi connectivity index (χ4v) is 4.91. The quantitative estimate of drug-likeness (QED) is 0.371. The van der Waals surface area contributed by atoms with Gasteiger partial charge in [-0.05, 0) is 70.2 Å². The number of carbonyl (C=O) groups excluding carboxylic acids is 1. The zero-order valence-corrected chi connectivity index (χ0v) is 17.0. The molecule has 5 heteroatoms. The van der Waals surface area contributed by atoms with Crippen LogP contribution in [0.25, 0.3) is 11.6 Å². The summed E-state index contributed by atoms with van der Waals surface area (Å²) in [5.41, 5.74) is 3.50. The van der Waals surface area contributed by atoms with Crippen LogP contribution in [0.3, 0.4) is 0 Å². The van der Waals surface area contributed by atoms with E-state index in [0.717, 1.165) is 45.2 Å². The molecule has 31 heavy (non-hydrogen) atoms. The Morgan fingerprint density at radius 2 is 1.74 bits per heavy atom. The van der Waals surface area contributed by atoms with Crippen molar-refractivity contribution in [2.75, 3.05) is 0 Å². The van der Waals surface area contributed by atoms with Crippen molar-refractivity contribution in [2.45, 2.75) is 26.2 Å². The number of hydrogen-bond acceptors (Lipinski definition) is 3. The van der Waals surface area contributed by atoms with Crippen LogP contribution in [0.2, 0.25) is 0 Å². The number of nitro groups is 1. The molecule has 3 aromatic rings. The molecular weight excluding hydrogens is 393 g/mol. The molecule has 0 radical (unpaired) electrons. The first-order chi connectivity index (χ1) is 15.0. The van der Waals surface area contributed by atoms with Crippen LogP contribution < -0.4 is 10.4 Å². The largest absolute Gasteiger partial charge is 0.289 e. The first-order valence-electron chi connectivity index (χ1n) is 10.4. The van der Waals surface area contributed by atoms with Gasteiger partial charge in [-0.1, -0.05) is 37.3 Å². The number of halogens is 1. The maximum absolute atomic E-state index is 14.3. The highest BCUT2D eigenvalue weighted by atomic mass is 19.1. The molecule has 0 N–H and O–H groups in total. The summed E-state index contributed by atoms with van der Waals surface area (Å²) in [6, 6.07) is 14.9. The summed E-state index contributed by atoms with van der Waals surface area (Å²) in [4.78, 5) is 23.9. The zero-order chi connectivity index (χ0) is 21.7. The highest BCUT2D eigenvalue weighted by Crippen LogP contribution is 2.28. The summed E-state index contributed by atoms with van der Waals surface area (Å²) >= 11 is 0. The summed E-state index contributed by atoms with van der Waals surface area (Å²) in [6.07, 6.45) is 4.30. The Balaban J connectivity index is 1.75. The molecule has 0 saturated carbocycles. The summed E-state index contributed by atoms with van der Waals surface area (Å²) in [7, 11) is 0. The molecule has 5 rings (SSSR count). The van der Waals surface area contributed by atoms with Crippen LogP contribution in [0.1, 0.15) is 34.8 Å². The Kier molecular flexibility index (Phi) is 4.54. The lowest BCUT2D eigenvalue weighted by atomic mass is 9.79. The number of carbonyl (C=O) groups is 1. The molecule has 0 aliphatic heterocycles. The van der Waals surface area contributed by atoms with Crippen molar-refractivity contribution in [3.05, 3.63) is 108 Å². The molecule has 2 aliphatic carbocycles. The molecule has 3 aromatic carbocycles. The molecular formula is C26H20FNO3. The number of benzene rings is 3. The Labute approximate surface area is 177 Å². The lowest BCUT2D eigenvalue weighted by Gasteiger charge is -2.24. The number of non-ortho nitro benzene ring substituents is 1. The lowest BCUT2D eigenvalue weighted by molar-refractivity contribution is -0.384. The van der Waals surface area contributed by atoms with E-state index in [2.05, 4.69) is 6.92 Å². The van der Waals surface area contributed by atoms with E-state index in [0.29, 0.717) is 17.2 Å². The summed E-state index contributed by atoms with van der Waals surface area (Å²) in [5.74, 6) is -0.213. The van der Waals surface area contributed by atoms with Crippen molar-refractivity contribution in [3.63, 3.8) is 0 Å². The van der Waals surface area contributed by atoms with Crippen molar-refractivity contribution in [1.82, 2.24) is 0 Å². The Bertz CT molecular complexity index is 1470. The minimum Gasteiger partial charge on any atom is -0.289 e. The van der Waals surface area contributed by atoms with Gasteiger partial charge in [0.15, 0.2) is 5.78 Å². The van der Waals surface area contributed by atoms with Gasteiger partial charge in [0.1, 0.15) is 5.82 Å². The maximum atomic E-state index is 14.3. The molecule has 0 bridgehead atoms. The smallest absolute Gasteiger partial charge is 0.269 e. The predicted octanol–water partition coefficient (Wildman–Crippen LogP) is 3.97. The third kappa shape index (κ3) is 3.08. The van der Waals surface area contributed by atoms with E-state index in [9.17, 15) is 19.3 Å². The standard InChI is InChI=1S/C26H20FNO3/c1-15-5-10-21-20-11-13-22-18(3-2-4-24(22)27)19(20)12-14-23(21)25(15)26(29)16-6-8-17(9-7-16)28(30)31/h2-4,6-9,12-15H,5,10-11H2,1H3. The first kappa shape index (κ1) is 19.4. The van der Waals surface area contributed by atoms with Crippen LogP contribution in [0.4, 0.5) is 10.1 Å². The monoisotopic (exact) mass is 413 g/mol. The average molecular weight is 413 g/mol. The van der Waals surface area contributed by atoms with Crippen molar-refractivity contribution in [3.8, 4) is 0 Å². The second-order valence-electron chi connectivity index (χ2n) is 8.21. The third-order valence-electron chi connectivity index (χ3n) is 6.48. The van der Waals surface area contributed by atoms with E-state index in [1.165, 1.54) is 30.3 Å². The predicted molar refractivity (Wildman–Crippen MR) is 116 cm³/mol. The molecule has 0 amide bonds. The molecule has 0 spiro atoms. The average Bonchev–Trinajstić information content (AvgIpc) is 2.78. The number of ketones is 1. The minimum atomic E-state index is -0.469. The van der Waals surface area contributed by atoms with Crippen LogP contribution >= 0.6 is 0 Å². The molecule has 2 aliphatic rings. The van der Waals surface area contributed by atoms with Gasteiger partial charge in [-0.3, -0.25) is 14.9 Å². The third-order valence-corrected chi connectivity index (χ3v) is 6.48. The van der Waals surface area contributed by atoms with Crippen LogP contribution in [0, 0.1) is 32.3 Å². The SMILES string of the molecule is CC1CCc2c3c(ccc2=C1C(=O)c1ccc([N+](=O)[O-])cc1)=c1cccc(F)c1=CC3. The van der Waals surface area contributed by atoms with Gasteiger partial charge in [0, 0.05) is 28.5 Å². The van der Waals surface area contributed by atoms with Gasteiger partial charge in [0.25, 0.3) is 5.69 Å². The van der Waals surface area contributed by atoms with Gasteiger partial charge in [-0.25, -0.2) is 4.39 Å². The molecule has 0 saturated heterocycles. The second kappa shape index (κ2) is 7.27. The van der Waals surface area contributed by atoms with Crippen molar-refractivity contribution in [1.29, 1.82) is 0 Å². The molecule has 1 unspecified atom stereocenters. The summed E-state index contributed by atoms with van der Waals surface area (Å²) in [6.45, 7) is 2.05. The molecule has 1 atom stereocenters. The fraction of sp³-hybridized carbons (Fsp3) is 0.192. The number of rotatable bonds is 3. The zero-order valence-electron chi connectivity index (χ0n) is 17.0. The van der Waals surface area contributed by atoms with Gasteiger partial charge >= 0.3 is 0 Å². The number of nitro benzene ring substituents is 1. The Morgan fingerprint density at radius 3 is 2.48 bits per heavy atom. The van der Waals surface area contributed by atoms with Crippen LogP contribution in [-0.4, -0.2) is 10.7 Å². The summed E-state index contributed by atoms with van der Waals surface area (Å²) < 4.78 is 14.3. The number of hydrogen-bond donors (Lipinski definition) is 0. The molecule has 4 nitrogen and oxygen atoms in total. The first-order valence-corrected chi connectivity index (χ1v) is 10.4. The van der Waals surface area contributed by atoms with Gasteiger partial charge < -0.3 is 0 Å². The van der Waals surface area contributed by atoms with Crippen LogP contribution in [0.5, 0.6) is 0 Å². The van der Waals surface area contributed by atoms with Gasteiger partial charge in [0.2, 0.25) is 0 Å². The number of fused-ring (bicyclic) bond motifs is 4. The van der Waals surface area contributed by atoms with E-state index in [-0.39, 0.29) is 23.2 Å². The van der Waals surface area contributed by atoms with Crippen LogP contribution in [0.15, 0.2) is 54.6 Å². The maximum Gasteiger partial charge on any atom is 0.269 e. The Hall–Kier alpha value is -3.60. The van der Waals surface area contributed by atoms with Crippen molar-refractivity contribution >= 4 is 23.1 Å². The number of Topliss-reactive ketones (excluding diaryl/α,β-unsaturated/α-hetero) is 1. The van der Waals surface area contributed by atoms with E-state index in [1.54, 1.807) is 6.07 Å². The fourth-order valence-electron chi connectivity index (χ4n) is 4.91. The van der Waals surface area contributed by atoms with Crippen molar-refractivity contribution < 1.29 is 14.1 Å². The van der Waals surface area contributed by atoms with Crippen LogP contribution in [-0.2, 0) is 12.8 Å². The molecule has 0 heterocycles. The van der Waals surface area contributed by atoms with Gasteiger partial charge in [-0.15, -0.1) is 0 Å². The topological polar surface area (TPSA) is 60.2 Å². The van der Waals surface area contributed by atoms with Gasteiger partial charge in [0.05, 0.1) is 4.92 Å². The number of nitrogens with zero attached hydrogens (tertiary/aromatic N) is 1. The van der Waals surface area contributed by atoms with E-state index >= 15 is 0 Å². The normalized spacial score (nSPS) is 16.6.